The summed E-state index contributed by atoms with van der Waals surface area (Å²) in [5.41, 5.74) is 0.707. The van der Waals surface area contributed by atoms with Gasteiger partial charge in [0.15, 0.2) is 0 Å². The predicted octanol–water partition coefficient (Wildman–Crippen LogP) is 2.95. The van der Waals surface area contributed by atoms with Crippen LogP contribution in [0.4, 0.5) is 0 Å². The van der Waals surface area contributed by atoms with Crippen molar-refractivity contribution in [1.29, 1.82) is 0 Å². The minimum absolute atomic E-state index is 0.707. The zero-order valence-corrected chi connectivity index (χ0v) is 9.10. The minimum Gasteiger partial charge on any atom is -0.314 e. The summed E-state index contributed by atoms with van der Waals surface area (Å²) >= 11 is 0. The molecule has 1 atom stereocenters. The molecule has 0 aromatic rings. The molecular weight excluding hydrogens is 158 g/mol. The first kappa shape index (κ1) is 9.51. The van der Waals surface area contributed by atoms with Crippen LogP contribution in [0.3, 0.4) is 0 Å². The van der Waals surface area contributed by atoms with Crippen molar-refractivity contribution in [2.75, 3.05) is 6.54 Å². The molecule has 1 N–H and O–H groups in total. The maximum atomic E-state index is 3.66. The van der Waals surface area contributed by atoms with Crippen molar-refractivity contribution in [1.82, 2.24) is 5.32 Å². The van der Waals surface area contributed by atoms with Crippen molar-refractivity contribution in [3.63, 3.8) is 0 Å². The molecule has 0 bridgehead atoms. The first-order valence-electron chi connectivity index (χ1n) is 5.94. The van der Waals surface area contributed by atoms with Gasteiger partial charge in [-0.3, -0.25) is 0 Å². The van der Waals surface area contributed by atoms with Gasteiger partial charge in [-0.1, -0.05) is 19.8 Å². The maximum Gasteiger partial charge on any atom is 0.00391 e. The Morgan fingerprint density at radius 3 is 2.15 bits per heavy atom. The molecule has 2 rings (SSSR count). The van der Waals surface area contributed by atoms with Gasteiger partial charge >= 0.3 is 0 Å². The van der Waals surface area contributed by atoms with Crippen molar-refractivity contribution in [3.8, 4) is 0 Å². The van der Waals surface area contributed by atoms with Crippen LogP contribution >= 0.6 is 0 Å². The summed E-state index contributed by atoms with van der Waals surface area (Å²) in [5.74, 6) is 0.991. The van der Waals surface area contributed by atoms with Crippen LogP contribution < -0.4 is 5.32 Å². The Labute approximate surface area is 82.3 Å². The smallest absolute Gasteiger partial charge is 0.00391 e. The highest BCUT2D eigenvalue weighted by atomic mass is 14.9. The average molecular weight is 181 g/mol. The summed E-state index contributed by atoms with van der Waals surface area (Å²) in [5, 5.41) is 3.66. The summed E-state index contributed by atoms with van der Waals surface area (Å²) < 4.78 is 0. The van der Waals surface area contributed by atoms with E-state index < -0.39 is 0 Å². The SMILES string of the molecule is CC1CCC2(CC1)CCC(C)NC2. The molecule has 0 aromatic carbocycles. The number of rotatable bonds is 0. The summed E-state index contributed by atoms with van der Waals surface area (Å²) in [7, 11) is 0. The quantitative estimate of drug-likeness (QED) is 0.606. The van der Waals surface area contributed by atoms with Crippen LogP contribution in [0.5, 0.6) is 0 Å². The normalized spacial score (nSPS) is 46.6. The molecule has 2 fully saturated rings. The number of hydrogen-bond donors (Lipinski definition) is 1. The van der Waals surface area contributed by atoms with E-state index in [-0.39, 0.29) is 0 Å². The van der Waals surface area contributed by atoms with E-state index in [1.165, 1.54) is 45.1 Å². The fraction of sp³-hybridized carbons (Fsp3) is 1.00. The third-order valence-corrected chi connectivity index (χ3v) is 4.27. The number of piperidine rings is 1. The third-order valence-electron chi connectivity index (χ3n) is 4.27. The van der Waals surface area contributed by atoms with Crippen LogP contribution in [0.25, 0.3) is 0 Å². The second-order valence-corrected chi connectivity index (χ2v) is 5.50. The van der Waals surface area contributed by atoms with Crippen LogP contribution in [0.1, 0.15) is 52.4 Å². The van der Waals surface area contributed by atoms with Crippen LogP contribution in [0.15, 0.2) is 0 Å². The molecule has 1 heterocycles. The molecule has 2 aliphatic rings. The lowest BCUT2D eigenvalue weighted by Crippen LogP contribution is -2.46. The molecule has 0 aromatic heterocycles. The Morgan fingerprint density at radius 1 is 1.00 bits per heavy atom. The summed E-state index contributed by atoms with van der Waals surface area (Å²) in [4.78, 5) is 0. The summed E-state index contributed by atoms with van der Waals surface area (Å²) in [6, 6.07) is 0.768. The van der Waals surface area contributed by atoms with Gasteiger partial charge in [0.2, 0.25) is 0 Å². The van der Waals surface area contributed by atoms with E-state index in [9.17, 15) is 0 Å². The van der Waals surface area contributed by atoms with Crippen molar-refractivity contribution in [3.05, 3.63) is 0 Å². The van der Waals surface area contributed by atoms with Gasteiger partial charge < -0.3 is 5.32 Å². The molecule has 1 unspecified atom stereocenters. The fourth-order valence-electron chi connectivity index (χ4n) is 2.91. The first-order valence-corrected chi connectivity index (χ1v) is 5.94. The fourth-order valence-corrected chi connectivity index (χ4v) is 2.91. The molecule has 0 amide bonds. The summed E-state index contributed by atoms with van der Waals surface area (Å²) in [6.07, 6.45) is 8.77. The Bertz CT molecular complexity index is 136. The molecule has 1 heteroatoms. The highest BCUT2D eigenvalue weighted by Gasteiger charge is 2.36. The maximum absolute atomic E-state index is 3.66. The van der Waals surface area contributed by atoms with Crippen LogP contribution in [0.2, 0.25) is 0 Å². The number of nitrogens with one attached hydrogen (secondary N) is 1. The van der Waals surface area contributed by atoms with E-state index in [1.807, 2.05) is 0 Å². The molecule has 1 spiro atoms. The molecular formula is C12H23N. The largest absolute Gasteiger partial charge is 0.314 e. The average Bonchev–Trinajstić information content (AvgIpc) is 2.16. The highest BCUT2D eigenvalue weighted by molar-refractivity contribution is 4.91. The Kier molecular flexibility index (Phi) is 2.64. The molecule has 1 aliphatic carbocycles. The zero-order chi connectivity index (χ0) is 9.31. The van der Waals surface area contributed by atoms with E-state index in [1.54, 1.807) is 0 Å². The lowest BCUT2D eigenvalue weighted by atomic mass is 9.66. The molecule has 1 aliphatic heterocycles. The van der Waals surface area contributed by atoms with Gasteiger partial charge in [-0.15, -0.1) is 0 Å². The molecule has 13 heavy (non-hydrogen) atoms. The van der Waals surface area contributed by atoms with Crippen molar-refractivity contribution >= 4 is 0 Å². The molecule has 1 saturated carbocycles. The van der Waals surface area contributed by atoms with Gasteiger partial charge in [0.25, 0.3) is 0 Å². The Morgan fingerprint density at radius 2 is 1.62 bits per heavy atom. The van der Waals surface area contributed by atoms with Gasteiger partial charge in [0, 0.05) is 12.6 Å². The molecule has 1 saturated heterocycles. The summed E-state index contributed by atoms with van der Waals surface area (Å²) in [6.45, 7) is 6.02. The van der Waals surface area contributed by atoms with Gasteiger partial charge in [0.1, 0.15) is 0 Å². The second kappa shape index (κ2) is 3.61. The van der Waals surface area contributed by atoms with E-state index >= 15 is 0 Å². The van der Waals surface area contributed by atoms with E-state index in [0.29, 0.717) is 5.41 Å². The third kappa shape index (κ3) is 2.07. The Hall–Kier alpha value is -0.0400. The minimum atomic E-state index is 0.707. The van der Waals surface area contributed by atoms with E-state index in [4.69, 9.17) is 0 Å². The molecule has 76 valence electrons. The van der Waals surface area contributed by atoms with Gasteiger partial charge in [-0.05, 0) is 43.9 Å². The van der Waals surface area contributed by atoms with Crippen LogP contribution in [0, 0.1) is 11.3 Å². The Balaban J connectivity index is 1.90. The number of hydrogen-bond acceptors (Lipinski definition) is 1. The van der Waals surface area contributed by atoms with Gasteiger partial charge in [-0.25, -0.2) is 0 Å². The second-order valence-electron chi connectivity index (χ2n) is 5.50. The van der Waals surface area contributed by atoms with E-state index in [0.717, 1.165) is 12.0 Å². The van der Waals surface area contributed by atoms with Crippen molar-refractivity contribution in [2.45, 2.75) is 58.4 Å². The molecule has 0 radical (unpaired) electrons. The van der Waals surface area contributed by atoms with Crippen molar-refractivity contribution in [2.24, 2.45) is 11.3 Å². The lowest BCUT2D eigenvalue weighted by molar-refractivity contribution is 0.102. The topological polar surface area (TPSA) is 12.0 Å². The van der Waals surface area contributed by atoms with Gasteiger partial charge in [0.05, 0.1) is 0 Å². The monoisotopic (exact) mass is 181 g/mol. The standard InChI is InChI=1S/C12H23N/c1-10-3-6-12(7-4-10)8-5-11(2)13-9-12/h10-11,13H,3-9H2,1-2H3. The van der Waals surface area contributed by atoms with Crippen LogP contribution in [-0.2, 0) is 0 Å². The predicted molar refractivity (Wildman–Crippen MR) is 56.8 cm³/mol. The highest BCUT2D eigenvalue weighted by Crippen LogP contribution is 2.43. The first-order chi connectivity index (χ1) is 6.20. The van der Waals surface area contributed by atoms with Gasteiger partial charge in [-0.2, -0.15) is 0 Å². The lowest BCUT2D eigenvalue weighted by Gasteiger charge is -2.44. The van der Waals surface area contributed by atoms with Crippen LogP contribution in [-0.4, -0.2) is 12.6 Å². The van der Waals surface area contributed by atoms with Crippen molar-refractivity contribution < 1.29 is 0 Å². The molecule has 1 nitrogen and oxygen atoms in total. The zero-order valence-electron chi connectivity index (χ0n) is 9.10. The van der Waals surface area contributed by atoms with E-state index in [2.05, 4.69) is 19.2 Å².